The molecule has 3 aromatic heterocycles. The molecule has 14 aromatic carbocycles. The van der Waals surface area contributed by atoms with Crippen molar-refractivity contribution in [3.8, 4) is 39.1 Å². The number of hydrogen-bond acceptors (Lipinski definition) is 3. The van der Waals surface area contributed by atoms with Crippen molar-refractivity contribution < 1.29 is 4.42 Å². The van der Waals surface area contributed by atoms with Crippen molar-refractivity contribution in [3.05, 3.63) is 333 Å². The second-order valence-electron chi connectivity index (χ2n) is 25.2. The van der Waals surface area contributed by atoms with E-state index in [9.17, 15) is 0 Å². The molecule has 1 atom stereocenters. The Morgan fingerprint density at radius 3 is 1.90 bits per heavy atom. The number of benzene rings is 14. The molecule has 0 saturated heterocycles. The number of rotatable bonds is 10. The van der Waals surface area contributed by atoms with Gasteiger partial charge in [0.2, 0.25) is 0 Å². The predicted molar refractivity (Wildman–Crippen MR) is 399 cm³/mol. The Bertz CT molecular complexity index is 6130. The summed E-state index contributed by atoms with van der Waals surface area (Å²) in [5.74, 6) is 0. The Balaban J connectivity index is 0.692. The number of allylic oxidation sites excluding steroid dienone is 7. The average Bonchev–Trinajstić information content (AvgIpc) is 1.56. The molecule has 0 amide bonds. The fourth-order valence-corrected chi connectivity index (χ4v) is 15.1. The minimum absolute atomic E-state index is 0.267. The SMILES string of the molecule is C1=CCC=CC(N(c2ccc3c(c2)[nH]c2cc4cc(C5=CCC(Nc6ccccc6)C=C5)ccc4cc23)c2ccc3c(c2)oc2cc4ccc(-c5cc6c(cc5-c5ccc(-c7cc8ccccc8c8ccccc78)cc5)c5ccccc5n6-c5ccccc5)cc4cc23)=C1. The van der Waals surface area contributed by atoms with Crippen LogP contribution in [0.2, 0.25) is 0 Å². The first kappa shape index (κ1) is 53.6. The molecule has 0 fully saturated rings. The van der Waals surface area contributed by atoms with E-state index in [0.717, 1.165) is 96.2 Å². The summed E-state index contributed by atoms with van der Waals surface area (Å²) in [5.41, 5.74) is 21.2. The monoisotopic (exact) mass is 1200 g/mol. The first-order valence-electron chi connectivity index (χ1n) is 32.6. The van der Waals surface area contributed by atoms with Crippen LogP contribution in [0.4, 0.5) is 17.1 Å². The molecule has 19 rings (SSSR count). The van der Waals surface area contributed by atoms with Gasteiger partial charge in [-0.1, -0.05) is 194 Å². The van der Waals surface area contributed by atoms with Crippen molar-refractivity contribution in [3.63, 3.8) is 0 Å². The predicted octanol–water partition coefficient (Wildman–Crippen LogP) is 24.3. The number of furan rings is 1. The van der Waals surface area contributed by atoms with Crippen LogP contribution >= 0.6 is 0 Å². The minimum atomic E-state index is 0.267. The van der Waals surface area contributed by atoms with E-state index in [1.54, 1.807) is 0 Å². The van der Waals surface area contributed by atoms with Crippen molar-refractivity contribution in [1.29, 1.82) is 0 Å². The number of fused-ring (bicyclic) bond motifs is 14. The quantitative estimate of drug-likeness (QED) is 0.134. The highest BCUT2D eigenvalue weighted by Gasteiger charge is 2.22. The minimum Gasteiger partial charge on any atom is -0.456 e. The summed E-state index contributed by atoms with van der Waals surface area (Å²) in [7, 11) is 0. The topological polar surface area (TPSA) is 49.1 Å². The van der Waals surface area contributed by atoms with Crippen LogP contribution < -0.4 is 10.2 Å². The van der Waals surface area contributed by atoms with E-state index >= 15 is 0 Å². The molecule has 2 aliphatic carbocycles. The van der Waals surface area contributed by atoms with E-state index in [-0.39, 0.29) is 6.04 Å². The van der Waals surface area contributed by atoms with Gasteiger partial charge in [0.05, 0.1) is 11.0 Å². The van der Waals surface area contributed by atoms with Crippen molar-refractivity contribution in [1.82, 2.24) is 9.55 Å². The van der Waals surface area contributed by atoms with Crippen LogP contribution in [-0.4, -0.2) is 15.6 Å². The van der Waals surface area contributed by atoms with E-state index in [1.807, 2.05) is 0 Å². The second kappa shape index (κ2) is 21.8. The molecule has 5 nitrogen and oxygen atoms in total. The Kier molecular flexibility index (Phi) is 12.4. The van der Waals surface area contributed by atoms with E-state index in [0.29, 0.717) is 0 Å². The summed E-state index contributed by atoms with van der Waals surface area (Å²) in [6.07, 6.45) is 19.7. The van der Waals surface area contributed by atoms with Gasteiger partial charge in [-0.25, -0.2) is 0 Å². The maximum Gasteiger partial charge on any atom is 0.137 e. The standard InChI is InChI=1S/C89H60N4O/c1-2-8-21-68(20-7-1)92(70-41-43-75-81-47-60-34-33-59(45-65(60)50-84(81)91-85(75)52-70)56-37-39-67(40-38-56)90-66-18-5-3-6-19-66)71-42-44-77-83-49-64-46-63(36-35-61(64)51-88(83)94-89(77)53-71)80-55-87-82(76-27-15-16-28-86(76)93(87)69-22-9-4-10-23-69)54-79(80)58-31-29-57(30-32-58)78-48-62-17-11-12-24-72(62)73-25-13-14-26-74(73)78/h1,3-39,41-55,67,90-91H,2,40H2. The highest BCUT2D eigenvalue weighted by molar-refractivity contribution is 6.17. The van der Waals surface area contributed by atoms with Gasteiger partial charge in [-0.15, -0.1) is 0 Å². The number of nitrogens with one attached hydrogen (secondary N) is 2. The molecule has 0 bridgehead atoms. The lowest BCUT2D eigenvalue weighted by molar-refractivity contribution is 0.669. The Morgan fingerprint density at radius 2 is 1.06 bits per heavy atom. The molecule has 0 saturated carbocycles. The molecule has 442 valence electrons. The van der Waals surface area contributed by atoms with Crippen molar-refractivity contribution in [2.75, 3.05) is 10.2 Å². The Morgan fingerprint density at radius 1 is 0.404 bits per heavy atom. The number of aromatic nitrogens is 2. The smallest absolute Gasteiger partial charge is 0.137 e. The van der Waals surface area contributed by atoms with Gasteiger partial charge in [-0.2, -0.15) is 0 Å². The van der Waals surface area contributed by atoms with E-state index < -0.39 is 0 Å². The second-order valence-corrected chi connectivity index (χ2v) is 25.2. The lowest BCUT2D eigenvalue weighted by Gasteiger charge is -2.26. The first-order valence-corrected chi connectivity index (χ1v) is 32.6. The molecule has 2 aliphatic rings. The number of H-pyrrole nitrogens is 1. The lowest BCUT2D eigenvalue weighted by atomic mass is 9.89. The largest absolute Gasteiger partial charge is 0.456 e. The van der Waals surface area contributed by atoms with Crippen molar-refractivity contribution >= 4 is 131 Å². The number of anilines is 3. The van der Waals surface area contributed by atoms with E-state index in [1.165, 1.54) is 98.3 Å². The highest BCUT2D eigenvalue weighted by atomic mass is 16.3. The van der Waals surface area contributed by atoms with Gasteiger partial charge in [0.1, 0.15) is 11.2 Å². The highest BCUT2D eigenvalue weighted by Crippen LogP contribution is 2.45. The zero-order chi connectivity index (χ0) is 61.8. The van der Waals surface area contributed by atoms with Crippen LogP contribution in [0.1, 0.15) is 18.4 Å². The molecule has 17 aromatic rings. The summed E-state index contributed by atoms with van der Waals surface area (Å²) in [4.78, 5) is 6.21. The average molecular weight is 1200 g/mol. The molecule has 2 N–H and O–H groups in total. The first-order chi connectivity index (χ1) is 46.5. The van der Waals surface area contributed by atoms with Gasteiger partial charge in [0.25, 0.3) is 0 Å². The lowest BCUT2D eigenvalue weighted by Crippen LogP contribution is -2.17. The van der Waals surface area contributed by atoms with Gasteiger partial charge >= 0.3 is 0 Å². The summed E-state index contributed by atoms with van der Waals surface area (Å²) in [5, 5.41) is 20.4. The zero-order valence-electron chi connectivity index (χ0n) is 51.4. The van der Waals surface area contributed by atoms with Crippen LogP contribution in [-0.2, 0) is 0 Å². The van der Waals surface area contributed by atoms with Crippen LogP contribution in [0, 0.1) is 0 Å². The van der Waals surface area contributed by atoms with Gasteiger partial charge in [-0.3, -0.25) is 0 Å². The number of hydrogen-bond donors (Lipinski definition) is 2. The number of aromatic amines is 1. The number of nitrogens with zero attached hydrogens (tertiary/aromatic N) is 2. The van der Waals surface area contributed by atoms with Gasteiger partial charge in [0.15, 0.2) is 0 Å². The molecule has 3 heterocycles. The van der Waals surface area contributed by atoms with E-state index in [4.69, 9.17) is 4.42 Å². The molecule has 5 heteroatoms. The molecule has 1 unspecified atom stereocenters. The Hall–Kier alpha value is -12.2. The van der Waals surface area contributed by atoms with Crippen LogP contribution in [0.3, 0.4) is 0 Å². The maximum atomic E-state index is 6.93. The molecule has 0 aliphatic heterocycles. The van der Waals surface area contributed by atoms with Gasteiger partial charge in [0, 0.05) is 83.9 Å². The summed E-state index contributed by atoms with van der Waals surface area (Å²) in [6, 6.07) is 101. The zero-order valence-corrected chi connectivity index (χ0v) is 51.4. The third-order valence-electron chi connectivity index (χ3n) is 19.7. The Labute approximate surface area is 543 Å². The third kappa shape index (κ3) is 9.07. The maximum absolute atomic E-state index is 6.93. The fraction of sp³-hybridized carbons (Fsp3) is 0.0337. The van der Waals surface area contributed by atoms with Crippen molar-refractivity contribution in [2.45, 2.75) is 18.9 Å². The molecule has 94 heavy (non-hydrogen) atoms. The van der Waals surface area contributed by atoms with Gasteiger partial charge in [-0.05, 0) is 222 Å². The van der Waals surface area contributed by atoms with Crippen LogP contribution in [0.5, 0.6) is 0 Å². The summed E-state index contributed by atoms with van der Waals surface area (Å²) < 4.78 is 9.36. The molecular formula is C89H60N4O. The molecule has 0 radical (unpaired) electrons. The van der Waals surface area contributed by atoms with Gasteiger partial charge < -0.3 is 24.2 Å². The normalized spacial score (nSPS) is 14.2. The van der Waals surface area contributed by atoms with E-state index in [2.05, 4.69) is 341 Å². The molecule has 0 spiro atoms. The fourth-order valence-electron chi connectivity index (χ4n) is 15.1. The van der Waals surface area contributed by atoms with Crippen LogP contribution in [0.15, 0.2) is 332 Å². The van der Waals surface area contributed by atoms with Crippen LogP contribution in [0.25, 0.3) is 153 Å². The third-order valence-corrected chi connectivity index (χ3v) is 19.7. The number of para-hydroxylation sites is 3. The summed E-state index contributed by atoms with van der Waals surface area (Å²) in [6.45, 7) is 0. The summed E-state index contributed by atoms with van der Waals surface area (Å²) >= 11 is 0. The molecular weight excluding hydrogens is 1140 g/mol. The van der Waals surface area contributed by atoms with Crippen molar-refractivity contribution in [2.24, 2.45) is 0 Å².